The van der Waals surface area contributed by atoms with Crippen molar-refractivity contribution in [3.05, 3.63) is 0 Å². The maximum Gasteiger partial charge on any atom is 0.173 e. The lowest BCUT2D eigenvalue weighted by Gasteiger charge is -2.57. The Bertz CT molecular complexity index is 705. The lowest BCUT2D eigenvalue weighted by atomic mass is 9.49. The maximum absolute atomic E-state index is 12.1. The van der Waals surface area contributed by atoms with Gasteiger partial charge in [-0.15, -0.1) is 0 Å². The van der Waals surface area contributed by atoms with Gasteiger partial charge >= 0.3 is 0 Å². The molecule has 6 atom stereocenters. The van der Waals surface area contributed by atoms with E-state index >= 15 is 0 Å². The lowest BCUT2D eigenvalue weighted by Crippen LogP contribution is -2.62. The van der Waals surface area contributed by atoms with Gasteiger partial charge in [0.05, 0.1) is 38.1 Å². The molecule has 0 radical (unpaired) electrons. The zero-order valence-corrected chi connectivity index (χ0v) is 18.8. The molecule has 3 saturated carbocycles. The Labute approximate surface area is 179 Å². The molecule has 0 aromatic carbocycles. The zero-order valence-electron chi connectivity index (χ0n) is 18.8. The van der Waals surface area contributed by atoms with Crippen LogP contribution in [0.2, 0.25) is 0 Å². The monoisotopic (exact) mass is 422 g/mol. The molecule has 0 bridgehead atoms. The van der Waals surface area contributed by atoms with Crippen LogP contribution in [0.3, 0.4) is 0 Å². The topological polar surface area (TPSA) is 69.7 Å². The van der Waals surface area contributed by atoms with Crippen molar-refractivity contribution in [1.82, 2.24) is 0 Å². The molecule has 0 aromatic heterocycles. The van der Waals surface area contributed by atoms with Crippen molar-refractivity contribution >= 4 is 0 Å². The van der Waals surface area contributed by atoms with Crippen LogP contribution in [-0.2, 0) is 23.7 Å². The SMILES string of the molecule is CC(O)(CC1(C)CCCC12OCCO2)C1CCC2OC23CC2(CCC13C)OCCO2. The van der Waals surface area contributed by atoms with Gasteiger partial charge in [-0.05, 0) is 51.4 Å². The summed E-state index contributed by atoms with van der Waals surface area (Å²) >= 11 is 0. The second-order valence-corrected chi connectivity index (χ2v) is 11.7. The summed E-state index contributed by atoms with van der Waals surface area (Å²) in [6, 6.07) is 0. The molecule has 6 aliphatic rings. The number of hydrogen-bond acceptors (Lipinski definition) is 6. The van der Waals surface area contributed by atoms with E-state index in [1.807, 2.05) is 0 Å². The van der Waals surface area contributed by atoms with Gasteiger partial charge in [0.25, 0.3) is 0 Å². The molecule has 3 heterocycles. The third kappa shape index (κ3) is 2.52. The van der Waals surface area contributed by atoms with E-state index in [9.17, 15) is 5.11 Å². The predicted molar refractivity (Wildman–Crippen MR) is 109 cm³/mol. The van der Waals surface area contributed by atoms with E-state index in [-0.39, 0.29) is 28.5 Å². The van der Waals surface area contributed by atoms with E-state index in [1.165, 1.54) is 0 Å². The van der Waals surface area contributed by atoms with Gasteiger partial charge in [0.2, 0.25) is 0 Å². The van der Waals surface area contributed by atoms with E-state index < -0.39 is 17.2 Å². The molecule has 3 spiro atoms. The second-order valence-electron chi connectivity index (χ2n) is 11.7. The van der Waals surface area contributed by atoms with E-state index in [1.54, 1.807) is 0 Å². The molecule has 30 heavy (non-hydrogen) atoms. The molecule has 3 saturated heterocycles. The van der Waals surface area contributed by atoms with Crippen LogP contribution in [0.1, 0.15) is 78.6 Å². The van der Waals surface area contributed by atoms with Crippen molar-refractivity contribution in [2.24, 2.45) is 16.7 Å². The molecular formula is C24H38O6. The first-order valence-corrected chi connectivity index (χ1v) is 12.1. The first-order valence-electron chi connectivity index (χ1n) is 12.1. The van der Waals surface area contributed by atoms with Gasteiger partial charge < -0.3 is 28.8 Å². The van der Waals surface area contributed by atoms with Crippen molar-refractivity contribution in [3.63, 3.8) is 0 Å². The Morgan fingerprint density at radius 3 is 2.33 bits per heavy atom. The van der Waals surface area contributed by atoms with E-state index in [0.717, 1.165) is 51.4 Å². The Kier molecular flexibility index (Phi) is 4.21. The highest BCUT2D eigenvalue weighted by Crippen LogP contribution is 2.71. The average Bonchev–Trinajstić information content (AvgIpc) is 3.05. The first-order chi connectivity index (χ1) is 14.2. The van der Waals surface area contributed by atoms with Crippen LogP contribution in [0.4, 0.5) is 0 Å². The predicted octanol–water partition coefficient (Wildman–Crippen LogP) is 3.54. The molecule has 6 fully saturated rings. The Hall–Kier alpha value is -0.240. The average molecular weight is 423 g/mol. The molecule has 6 heteroatoms. The Balaban J connectivity index is 1.28. The Morgan fingerprint density at radius 1 is 0.900 bits per heavy atom. The van der Waals surface area contributed by atoms with Gasteiger partial charge in [0.1, 0.15) is 5.60 Å². The van der Waals surface area contributed by atoms with E-state index in [2.05, 4.69) is 20.8 Å². The van der Waals surface area contributed by atoms with Crippen molar-refractivity contribution in [2.75, 3.05) is 26.4 Å². The molecule has 0 amide bonds. The molecule has 0 aromatic rings. The van der Waals surface area contributed by atoms with Crippen LogP contribution < -0.4 is 0 Å². The Morgan fingerprint density at radius 2 is 1.60 bits per heavy atom. The first kappa shape index (κ1) is 20.4. The fourth-order valence-electron chi connectivity index (χ4n) is 8.66. The van der Waals surface area contributed by atoms with Crippen molar-refractivity contribution in [2.45, 2.75) is 107 Å². The summed E-state index contributed by atoms with van der Waals surface area (Å²) in [6.07, 6.45) is 8.77. The summed E-state index contributed by atoms with van der Waals surface area (Å²) in [5.41, 5.74) is -1.25. The third-order valence-corrected chi connectivity index (χ3v) is 10.0. The largest absolute Gasteiger partial charge is 0.390 e. The number of aliphatic hydroxyl groups is 1. The van der Waals surface area contributed by atoms with Crippen LogP contribution in [0, 0.1) is 16.7 Å². The number of hydrogen-bond donors (Lipinski definition) is 1. The minimum absolute atomic E-state index is 0.0699. The molecule has 170 valence electrons. The van der Waals surface area contributed by atoms with Gasteiger partial charge in [-0.2, -0.15) is 0 Å². The van der Waals surface area contributed by atoms with Gasteiger partial charge in [-0.3, -0.25) is 0 Å². The van der Waals surface area contributed by atoms with E-state index in [4.69, 9.17) is 23.7 Å². The molecule has 1 N–H and O–H groups in total. The van der Waals surface area contributed by atoms with Crippen LogP contribution in [0.15, 0.2) is 0 Å². The molecular weight excluding hydrogens is 384 g/mol. The normalized spacial score (nSPS) is 50.4. The van der Waals surface area contributed by atoms with Gasteiger partial charge in [-0.1, -0.05) is 13.8 Å². The minimum Gasteiger partial charge on any atom is -0.390 e. The van der Waals surface area contributed by atoms with Crippen LogP contribution in [0.5, 0.6) is 0 Å². The molecule has 3 aliphatic carbocycles. The van der Waals surface area contributed by atoms with Gasteiger partial charge in [-0.25, -0.2) is 0 Å². The van der Waals surface area contributed by atoms with Crippen molar-refractivity contribution in [3.8, 4) is 0 Å². The van der Waals surface area contributed by atoms with Crippen LogP contribution in [0.25, 0.3) is 0 Å². The second kappa shape index (κ2) is 6.21. The summed E-state index contributed by atoms with van der Waals surface area (Å²) in [7, 11) is 0. The summed E-state index contributed by atoms with van der Waals surface area (Å²) in [6.45, 7) is 9.39. The highest BCUT2D eigenvalue weighted by Gasteiger charge is 2.77. The maximum atomic E-state index is 12.1. The summed E-state index contributed by atoms with van der Waals surface area (Å²) in [4.78, 5) is 0. The highest BCUT2D eigenvalue weighted by molar-refractivity contribution is 5.24. The van der Waals surface area contributed by atoms with Gasteiger partial charge in [0, 0.05) is 30.1 Å². The fraction of sp³-hybridized carbons (Fsp3) is 1.00. The molecule has 6 unspecified atom stereocenters. The molecule has 6 nitrogen and oxygen atoms in total. The zero-order chi connectivity index (χ0) is 20.9. The number of rotatable bonds is 3. The quantitative estimate of drug-likeness (QED) is 0.702. The number of ether oxygens (including phenoxy) is 5. The summed E-state index contributed by atoms with van der Waals surface area (Å²) in [5, 5.41) is 12.1. The highest BCUT2D eigenvalue weighted by atomic mass is 16.7. The van der Waals surface area contributed by atoms with Crippen LogP contribution >= 0.6 is 0 Å². The number of epoxide rings is 1. The summed E-state index contributed by atoms with van der Waals surface area (Å²) < 4.78 is 31.0. The third-order valence-electron chi connectivity index (χ3n) is 10.0. The smallest absolute Gasteiger partial charge is 0.173 e. The van der Waals surface area contributed by atoms with Crippen molar-refractivity contribution < 1.29 is 28.8 Å². The summed E-state index contributed by atoms with van der Waals surface area (Å²) in [5.74, 6) is -0.793. The van der Waals surface area contributed by atoms with Crippen LogP contribution in [-0.4, -0.2) is 60.4 Å². The van der Waals surface area contributed by atoms with Gasteiger partial charge in [0.15, 0.2) is 11.6 Å². The van der Waals surface area contributed by atoms with Crippen molar-refractivity contribution in [1.29, 1.82) is 0 Å². The molecule has 6 rings (SSSR count). The standard InChI is InChI=1S/C24H38O6/c1-19(7-4-8-24(19)28-13-14-29-24)15-21(3,25)17-5-6-18-23(30-18)16-22(26-11-12-27-22)10-9-20(17,23)2/h17-18,25H,4-16H2,1-3H3. The minimum atomic E-state index is -0.804. The fourth-order valence-corrected chi connectivity index (χ4v) is 8.66. The molecule has 3 aliphatic heterocycles. The lowest BCUT2D eigenvalue weighted by molar-refractivity contribution is -0.249. The van der Waals surface area contributed by atoms with E-state index in [0.29, 0.717) is 32.8 Å².